The molecule has 0 spiro atoms. The van der Waals surface area contributed by atoms with E-state index in [1.54, 1.807) is 4.90 Å². The number of nitrogens with zero attached hydrogens (tertiary/aromatic N) is 1. The van der Waals surface area contributed by atoms with Crippen molar-refractivity contribution in [2.24, 2.45) is 0 Å². The molecule has 3 nitrogen and oxygen atoms in total. The zero-order valence-electron chi connectivity index (χ0n) is 11.8. The molecule has 5 heteroatoms. The third-order valence-electron chi connectivity index (χ3n) is 3.68. The monoisotopic (exact) mass is 303 g/mol. The molecule has 1 aliphatic rings. The highest BCUT2D eigenvalue weighted by molar-refractivity contribution is 5.78. The lowest BCUT2D eigenvalue weighted by Gasteiger charge is -2.33. The molecule has 2 aromatic rings. The van der Waals surface area contributed by atoms with Crippen LogP contribution in [0.25, 0.3) is 0 Å². The van der Waals surface area contributed by atoms with Crippen molar-refractivity contribution in [3.8, 4) is 0 Å². The Morgan fingerprint density at radius 1 is 1.09 bits per heavy atom. The predicted molar refractivity (Wildman–Crippen MR) is 76.9 cm³/mol. The number of benzene rings is 2. The number of ether oxygens (including phenoxy) is 1. The molecule has 22 heavy (non-hydrogen) atoms. The first kappa shape index (κ1) is 14.7. The summed E-state index contributed by atoms with van der Waals surface area (Å²) < 4.78 is 31.8. The number of halogens is 2. The van der Waals surface area contributed by atoms with Crippen LogP contribution in [0.3, 0.4) is 0 Å². The van der Waals surface area contributed by atoms with Gasteiger partial charge in [-0.15, -0.1) is 0 Å². The molecule has 1 atom stereocenters. The predicted octanol–water partition coefficient (Wildman–Crippen LogP) is 3.06. The van der Waals surface area contributed by atoms with Gasteiger partial charge in [0.1, 0.15) is 12.7 Å². The van der Waals surface area contributed by atoms with Gasteiger partial charge in [0.25, 0.3) is 0 Å². The molecule has 1 amide bonds. The second-order valence-corrected chi connectivity index (χ2v) is 5.23. The van der Waals surface area contributed by atoms with Crippen molar-refractivity contribution < 1.29 is 18.3 Å². The standard InChI is InChI=1S/C17H15F2NO2/c18-14-7-6-13(8-15(14)19)16-10-20(17(21)11-22-16)9-12-4-2-1-3-5-12/h1-8,16H,9-11H2. The number of morpholine rings is 1. The van der Waals surface area contributed by atoms with Gasteiger partial charge < -0.3 is 9.64 Å². The molecule has 0 N–H and O–H groups in total. The Hall–Kier alpha value is -2.27. The fraction of sp³-hybridized carbons (Fsp3) is 0.235. The van der Waals surface area contributed by atoms with Crippen molar-refractivity contribution in [2.45, 2.75) is 12.6 Å². The Labute approximate surface area is 127 Å². The van der Waals surface area contributed by atoms with Gasteiger partial charge in [-0.1, -0.05) is 36.4 Å². The molecule has 1 saturated heterocycles. The average molecular weight is 303 g/mol. The minimum atomic E-state index is -0.910. The Morgan fingerprint density at radius 3 is 2.59 bits per heavy atom. The van der Waals surface area contributed by atoms with Crippen LogP contribution in [0.5, 0.6) is 0 Å². The maximum Gasteiger partial charge on any atom is 0.249 e. The SMILES string of the molecule is O=C1COC(c2ccc(F)c(F)c2)CN1Cc1ccccc1. The van der Waals surface area contributed by atoms with Crippen LogP contribution < -0.4 is 0 Å². The van der Waals surface area contributed by atoms with E-state index in [9.17, 15) is 13.6 Å². The first-order valence-corrected chi connectivity index (χ1v) is 7.02. The van der Waals surface area contributed by atoms with E-state index < -0.39 is 17.7 Å². The lowest BCUT2D eigenvalue weighted by molar-refractivity contribution is -0.150. The van der Waals surface area contributed by atoms with Gasteiger partial charge in [-0.3, -0.25) is 4.79 Å². The fourth-order valence-electron chi connectivity index (χ4n) is 2.49. The van der Waals surface area contributed by atoms with Crippen LogP contribution >= 0.6 is 0 Å². The summed E-state index contributed by atoms with van der Waals surface area (Å²) >= 11 is 0. The molecule has 2 aromatic carbocycles. The van der Waals surface area contributed by atoms with E-state index in [0.717, 1.165) is 17.7 Å². The van der Waals surface area contributed by atoms with Crippen molar-refractivity contribution in [1.82, 2.24) is 4.90 Å². The maximum atomic E-state index is 13.3. The summed E-state index contributed by atoms with van der Waals surface area (Å²) in [6, 6.07) is 13.3. The number of carbonyl (C=O) groups is 1. The Kier molecular flexibility index (Phi) is 4.15. The molecule has 1 heterocycles. The van der Waals surface area contributed by atoms with Gasteiger partial charge in [0.05, 0.1) is 6.54 Å². The van der Waals surface area contributed by atoms with E-state index in [0.29, 0.717) is 18.7 Å². The van der Waals surface area contributed by atoms with Crippen LogP contribution in [0.2, 0.25) is 0 Å². The van der Waals surface area contributed by atoms with Crippen LogP contribution in [0.1, 0.15) is 17.2 Å². The van der Waals surface area contributed by atoms with Gasteiger partial charge in [-0.2, -0.15) is 0 Å². The average Bonchev–Trinajstić information content (AvgIpc) is 2.53. The van der Waals surface area contributed by atoms with E-state index in [1.807, 2.05) is 30.3 Å². The lowest BCUT2D eigenvalue weighted by atomic mass is 10.1. The number of carbonyl (C=O) groups excluding carboxylic acids is 1. The van der Waals surface area contributed by atoms with Crippen LogP contribution in [-0.2, 0) is 16.1 Å². The third-order valence-corrected chi connectivity index (χ3v) is 3.68. The minimum Gasteiger partial charge on any atom is -0.362 e. The van der Waals surface area contributed by atoms with Gasteiger partial charge in [0.15, 0.2) is 11.6 Å². The van der Waals surface area contributed by atoms with Crippen LogP contribution in [0.4, 0.5) is 8.78 Å². The first-order chi connectivity index (χ1) is 10.6. The molecule has 0 bridgehead atoms. The maximum absolute atomic E-state index is 13.3. The van der Waals surface area contributed by atoms with Gasteiger partial charge in [0, 0.05) is 6.54 Å². The van der Waals surface area contributed by atoms with E-state index in [1.165, 1.54) is 6.07 Å². The molecule has 0 radical (unpaired) electrons. The third kappa shape index (κ3) is 3.14. The normalized spacial score (nSPS) is 18.5. The summed E-state index contributed by atoms with van der Waals surface area (Å²) in [6.45, 7) is 0.735. The van der Waals surface area contributed by atoms with Crippen molar-refractivity contribution >= 4 is 5.91 Å². The molecular weight excluding hydrogens is 288 g/mol. The minimum absolute atomic E-state index is 0.0590. The fourth-order valence-corrected chi connectivity index (χ4v) is 2.49. The molecule has 1 fully saturated rings. The Bertz CT molecular complexity index is 676. The Balaban J connectivity index is 1.75. The topological polar surface area (TPSA) is 29.5 Å². The van der Waals surface area contributed by atoms with E-state index in [2.05, 4.69) is 0 Å². The molecule has 1 aliphatic heterocycles. The Morgan fingerprint density at radius 2 is 1.86 bits per heavy atom. The highest BCUT2D eigenvalue weighted by Gasteiger charge is 2.27. The van der Waals surface area contributed by atoms with Crippen molar-refractivity contribution in [2.75, 3.05) is 13.2 Å². The zero-order valence-corrected chi connectivity index (χ0v) is 11.8. The molecule has 0 aromatic heterocycles. The molecule has 1 unspecified atom stereocenters. The number of rotatable bonds is 3. The smallest absolute Gasteiger partial charge is 0.249 e. The van der Waals surface area contributed by atoms with E-state index >= 15 is 0 Å². The van der Waals surface area contributed by atoms with E-state index in [4.69, 9.17) is 4.74 Å². The van der Waals surface area contributed by atoms with Crippen molar-refractivity contribution in [3.05, 3.63) is 71.3 Å². The number of hydrogen-bond acceptors (Lipinski definition) is 2. The second kappa shape index (κ2) is 6.23. The van der Waals surface area contributed by atoms with Crippen LogP contribution in [0.15, 0.2) is 48.5 Å². The number of amides is 1. The zero-order chi connectivity index (χ0) is 15.5. The van der Waals surface area contributed by atoms with Gasteiger partial charge in [-0.25, -0.2) is 8.78 Å². The highest BCUT2D eigenvalue weighted by atomic mass is 19.2. The first-order valence-electron chi connectivity index (χ1n) is 7.02. The summed E-state index contributed by atoms with van der Waals surface area (Å²) in [5, 5.41) is 0. The van der Waals surface area contributed by atoms with Gasteiger partial charge in [0.2, 0.25) is 5.91 Å². The quantitative estimate of drug-likeness (QED) is 0.872. The van der Waals surface area contributed by atoms with E-state index in [-0.39, 0.29) is 12.5 Å². The summed E-state index contributed by atoms with van der Waals surface area (Å²) in [4.78, 5) is 13.6. The highest BCUT2D eigenvalue weighted by Crippen LogP contribution is 2.25. The lowest BCUT2D eigenvalue weighted by Crippen LogP contribution is -2.42. The largest absolute Gasteiger partial charge is 0.362 e. The molecule has 114 valence electrons. The van der Waals surface area contributed by atoms with Crippen molar-refractivity contribution in [3.63, 3.8) is 0 Å². The van der Waals surface area contributed by atoms with Gasteiger partial charge in [-0.05, 0) is 23.3 Å². The summed E-state index contributed by atoms with van der Waals surface area (Å²) in [6.07, 6.45) is -0.448. The summed E-state index contributed by atoms with van der Waals surface area (Å²) in [5.41, 5.74) is 1.55. The van der Waals surface area contributed by atoms with Crippen LogP contribution in [-0.4, -0.2) is 24.0 Å². The number of hydrogen-bond donors (Lipinski definition) is 0. The molecule has 0 aliphatic carbocycles. The molecular formula is C17H15F2NO2. The second-order valence-electron chi connectivity index (χ2n) is 5.23. The molecule has 3 rings (SSSR count). The molecule has 0 saturated carbocycles. The summed E-state index contributed by atoms with van der Waals surface area (Å²) in [5.74, 6) is -1.91. The van der Waals surface area contributed by atoms with Gasteiger partial charge >= 0.3 is 0 Å². The van der Waals surface area contributed by atoms with Crippen LogP contribution in [0, 0.1) is 11.6 Å². The van der Waals surface area contributed by atoms with Crippen molar-refractivity contribution in [1.29, 1.82) is 0 Å². The summed E-state index contributed by atoms with van der Waals surface area (Å²) in [7, 11) is 0.